The summed E-state index contributed by atoms with van der Waals surface area (Å²) in [6.45, 7) is 0.375. The predicted octanol–water partition coefficient (Wildman–Crippen LogP) is 1.39. The number of nitrogens with one attached hydrogen (secondary N) is 2. The van der Waals surface area contributed by atoms with Gasteiger partial charge < -0.3 is 15.0 Å². The van der Waals surface area contributed by atoms with Gasteiger partial charge >= 0.3 is 0 Å². The number of anilines is 1. The molecule has 0 aliphatic carbocycles. The Morgan fingerprint density at radius 2 is 2.13 bits per heavy atom. The molecule has 0 spiro atoms. The molecule has 0 aliphatic heterocycles. The van der Waals surface area contributed by atoms with Gasteiger partial charge in [-0.15, -0.1) is 0 Å². The summed E-state index contributed by atoms with van der Waals surface area (Å²) in [6.07, 6.45) is 0. The van der Waals surface area contributed by atoms with Gasteiger partial charge in [0.25, 0.3) is 6.47 Å². The van der Waals surface area contributed by atoms with Crippen LogP contribution in [0.4, 0.5) is 5.95 Å². The fraction of sp³-hybridized carbons (Fsp3) is 0.200. The van der Waals surface area contributed by atoms with Crippen LogP contribution in [0.2, 0.25) is 0 Å². The fourth-order valence-corrected chi connectivity index (χ4v) is 1.07. The van der Waals surface area contributed by atoms with Crippen LogP contribution in [0.5, 0.6) is 0 Å². The summed E-state index contributed by atoms with van der Waals surface area (Å²) in [4.78, 5) is 16.3. The Balaban J connectivity index is 0.000000245. The Labute approximate surface area is 87.5 Å². The van der Waals surface area contributed by atoms with Crippen LogP contribution in [0.25, 0.3) is 11.0 Å². The summed E-state index contributed by atoms with van der Waals surface area (Å²) >= 11 is 0. The molecule has 1 aromatic heterocycles. The summed E-state index contributed by atoms with van der Waals surface area (Å²) in [5.41, 5.74) is 2.06. The number of benzene rings is 1. The number of aromatic nitrogens is 2. The first-order chi connectivity index (χ1) is 7.31. The van der Waals surface area contributed by atoms with Crippen LogP contribution in [0.15, 0.2) is 24.3 Å². The number of methoxy groups -OCH3 is 1. The van der Waals surface area contributed by atoms with Gasteiger partial charge in [0.05, 0.1) is 18.1 Å². The van der Waals surface area contributed by atoms with Crippen LogP contribution >= 0.6 is 0 Å². The second-order valence-electron chi connectivity index (χ2n) is 2.68. The Hall–Kier alpha value is -2.04. The number of imidazole rings is 1. The van der Waals surface area contributed by atoms with Gasteiger partial charge in [0.15, 0.2) is 0 Å². The Kier molecular flexibility index (Phi) is 4.15. The average molecular weight is 207 g/mol. The minimum Gasteiger partial charge on any atom is -0.471 e. The van der Waals surface area contributed by atoms with Crippen molar-refractivity contribution in [2.75, 3.05) is 19.5 Å². The molecule has 15 heavy (non-hydrogen) atoms. The normalized spacial score (nSPS) is 8.93. The third kappa shape index (κ3) is 2.98. The molecule has 2 N–H and O–H groups in total. The first kappa shape index (κ1) is 11.0. The number of aromatic amines is 1. The third-order valence-electron chi connectivity index (χ3n) is 1.72. The lowest BCUT2D eigenvalue weighted by molar-refractivity contribution is -0.126. The van der Waals surface area contributed by atoms with Crippen molar-refractivity contribution in [1.82, 2.24) is 9.97 Å². The minimum absolute atomic E-state index is 0.375. The van der Waals surface area contributed by atoms with Gasteiger partial charge in [-0.2, -0.15) is 0 Å². The predicted molar refractivity (Wildman–Crippen MR) is 58.7 cm³/mol. The van der Waals surface area contributed by atoms with E-state index in [-0.39, 0.29) is 0 Å². The molecule has 1 heterocycles. The number of fused-ring (bicyclic) bond motifs is 1. The molecule has 1 aromatic carbocycles. The smallest absolute Gasteiger partial charge is 0.292 e. The number of nitrogens with zero attached hydrogens (tertiary/aromatic N) is 1. The van der Waals surface area contributed by atoms with Gasteiger partial charge in [0.1, 0.15) is 0 Å². The number of hydrogen-bond donors (Lipinski definition) is 2. The Morgan fingerprint density at radius 3 is 2.67 bits per heavy atom. The summed E-state index contributed by atoms with van der Waals surface area (Å²) < 4.78 is 3.86. The van der Waals surface area contributed by atoms with Gasteiger partial charge in [-0.05, 0) is 12.1 Å². The Bertz CT molecular complexity index is 392. The molecule has 0 saturated carbocycles. The average Bonchev–Trinajstić information content (AvgIpc) is 2.72. The molecule has 2 aromatic rings. The molecule has 5 heteroatoms. The number of carbonyl (C=O) groups excluding carboxylic acids is 1. The highest BCUT2D eigenvalue weighted by atomic mass is 16.5. The minimum atomic E-state index is 0.375. The van der Waals surface area contributed by atoms with Crippen molar-refractivity contribution in [3.05, 3.63) is 24.3 Å². The molecule has 0 amide bonds. The second-order valence-corrected chi connectivity index (χ2v) is 2.68. The molecule has 0 bridgehead atoms. The highest BCUT2D eigenvalue weighted by molar-refractivity contribution is 5.77. The largest absolute Gasteiger partial charge is 0.471 e. The molecular weight excluding hydrogens is 194 g/mol. The Morgan fingerprint density at radius 1 is 1.47 bits per heavy atom. The van der Waals surface area contributed by atoms with E-state index >= 15 is 0 Å². The monoisotopic (exact) mass is 207 g/mol. The van der Waals surface area contributed by atoms with Crippen LogP contribution < -0.4 is 5.32 Å². The van der Waals surface area contributed by atoms with Crippen molar-refractivity contribution in [3.63, 3.8) is 0 Å². The maximum atomic E-state index is 8.95. The van der Waals surface area contributed by atoms with Gasteiger partial charge in [0, 0.05) is 7.05 Å². The number of ether oxygens (including phenoxy) is 1. The van der Waals surface area contributed by atoms with Crippen molar-refractivity contribution in [2.45, 2.75) is 0 Å². The molecule has 0 fully saturated rings. The van der Waals surface area contributed by atoms with Crippen LogP contribution in [-0.4, -0.2) is 30.6 Å². The van der Waals surface area contributed by atoms with E-state index in [4.69, 9.17) is 4.79 Å². The number of H-pyrrole nitrogens is 1. The zero-order valence-electron chi connectivity index (χ0n) is 8.65. The molecular formula is C10H13N3O2. The van der Waals surface area contributed by atoms with E-state index < -0.39 is 0 Å². The van der Waals surface area contributed by atoms with Gasteiger partial charge in [-0.1, -0.05) is 12.1 Å². The number of hydrogen-bond acceptors (Lipinski definition) is 4. The SMILES string of the molecule is CNc1nc2ccccc2[nH]1.COC=O. The highest BCUT2D eigenvalue weighted by Crippen LogP contribution is 2.11. The van der Waals surface area contributed by atoms with Crippen molar-refractivity contribution in [3.8, 4) is 0 Å². The van der Waals surface area contributed by atoms with Crippen LogP contribution in [0, 0.1) is 0 Å². The molecule has 80 valence electrons. The van der Waals surface area contributed by atoms with E-state index in [1.54, 1.807) is 0 Å². The molecule has 5 nitrogen and oxygen atoms in total. The lowest BCUT2D eigenvalue weighted by atomic mass is 10.3. The van der Waals surface area contributed by atoms with Crippen LogP contribution in [-0.2, 0) is 9.53 Å². The van der Waals surface area contributed by atoms with Crippen molar-refractivity contribution < 1.29 is 9.53 Å². The quantitative estimate of drug-likeness (QED) is 0.730. The van der Waals surface area contributed by atoms with E-state index in [1.165, 1.54) is 7.11 Å². The summed E-state index contributed by atoms with van der Waals surface area (Å²) in [5.74, 6) is 0.811. The molecule has 0 unspecified atom stereocenters. The molecule has 0 saturated heterocycles. The number of carbonyl (C=O) groups is 1. The van der Waals surface area contributed by atoms with Crippen molar-refractivity contribution in [1.29, 1.82) is 0 Å². The maximum absolute atomic E-state index is 8.95. The zero-order chi connectivity index (χ0) is 11.1. The molecule has 0 aliphatic rings. The number of para-hydroxylation sites is 2. The summed E-state index contributed by atoms with van der Waals surface area (Å²) in [7, 11) is 3.16. The summed E-state index contributed by atoms with van der Waals surface area (Å²) in [5, 5.41) is 2.95. The van der Waals surface area contributed by atoms with Crippen LogP contribution in [0.3, 0.4) is 0 Å². The van der Waals surface area contributed by atoms with Gasteiger partial charge in [-0.3, -0.25) is 4.79 Å². The van der Waals surface area contributed by atoms with Crippen molar-refractivity contribution in [2.24, 2.45) is 0 Å². The van der Waals surface area contributed by atoms with E-state index in [0.29, 0.717) is 6.47 Å². The number of rotatable bonds is 2. The van der Waals surface area contributed by atoms with E-state index in [9.17, 15) is 0 Å². The van der Waals surface area contributed by atoms with Crippen LogP contribution in [0.1, 0.15) is 0 Å². The third-order valence-corrected chi connectivity index (χ3v) is 1.72. The highest BCUT2D eigenvalue weighted by Gasteiger charge is 1.96. The van der Waals surface area contributed by atoms with E-state index in [0.717, 1.165) is 17.0 Å². The second kappa shape index (κ2) is 5.64. The lowest BCUT2D eigenvalue weighted by Crippen LogP contribution is -1.88. The topological polar surface area (TPSA) is 67.0 Å². The maximum Gasteiger partial charge on any atom is 0.292 e. The van der Waals surface area contributed by atoms with Gasteiger partial charge in [0.2, 0.25) is 5.95 Å². The standard InChI is InChI=1S/C8H9N3.C2H4O2/c1-9-8-10-6-4-2-3-5-7(6)11-8;1-4-2-3/h2-5H,1H3,(H2,9,10,11);2H,1H3. The fourth-order valence-electron chi connectivity index (χ4n) is 1.07. The summed E-state index contributed by atoms with van der Waals surface area (Å²) in [6, 6.07) is 7.94. The first-order valence-electron chi connectivity index (χ1n) is 4.40. The van der Waals surface area contributed by atoms with Gasteiger partial charge in [-0.25, -0.2) is 4.98 Å². The first-order valence-corrected chi connectivity index (χ1v) is 4.40. The van der Waals surface area contributed by atoms with E-state index in [2.05, 4.69) is 20.0 Å². The molecule has 0 atom stereocenters. The van der Waals surface area contributed by atoms with E-state index in [1.807, 2.05) is 31.3 Å². The zero-order valence-corrected chi connectivity index (χ0v) is 8.65. The molecule has 2 rings (SSSR count). The molecule has 0 radical (unpaired) electrons. The van der Waals surface area contributed by atoms with Crippen molar-refractivity contribution >= 4 is 23.5 Å². The lowest BCUT2D eigenvalue weighted by Gasteiger charge is -1.86.